The van der Waals surface area contributed by atoms with Crippen LogP contribution in [0.5, 0.6) is 0 Å². The van der Waals surface area contributed by atoms with E-state index < -0.39 is 0 Å². The number of aromatic nitrogens is 1. The minimum absolute atomic E-state index is 0.0527. The largest absolute Gasteiger partial charge is 0.355 e. The van der Waals surface area contributed by atoms with Crippen molar-refractivity contribution in [2.24, 2.45) is 5.92 Å². The molecule has 1 amide bonds. The lowest BCUT2D eigenvalue weighted by Crippen LogP contribution is -2.40. The van der Waals surface area contributed by atoms with Crippen molar-refractivity contribution in [3.05, 3.63) is 11.6 Å². The summed E-state index contributed by atoms with van der Waals surface area (Å²) in [6, 6.07) is 1.86. The van der Waals surface area contributed by atoms with Gasteiger partial charge >= 0.3 is 0 Å². The summed E-state index contributed by atoms with van der Waals surface area (Å²) in [4.78, 5) is 17.8. The van der Waals surface area contributed by atoms with Crippen molar-refractivity contribution in [3.63, 3.8) is 0 Å². The van der Waals surface area contributed by atoms with Crippen LogP contribution in [0.15, 0.2) is 11.6 Å². The number of nitrogens with one attached hydrogen (secondary N) is 1. The standard InChI is InChI=1S/C12H16N4OS/c13-4-3-11(17)15-8-10-2-1-6-16(9-10)12-14-5-7-18-12/h5,7,10H,1-3,6,8-9H2,(H,15,17). The van der Waals surface area contributed by atoms with Crippen molar-refractivity contribution in [3.8, 4) is 6.07 Å². The maximum atomic E-state index is 11.2. The Hall–Kier alpha value is -1.61. The summed E-state index contributed by atoms with van der Waals surface area (Å²) >= 11 is 1.65. The van der Waals surface area contributed by atoms with Gasteiger partial charge in [-0.2, -0.15) is 5.26 Å². The molecule has 0 bridgehead atoms. The Balaban J connectivity index is 1.80. The molecule has 1 aliphatic heterocycles. The first-order valence-electron chi connectivity index (χ1n) is 6.07. The topological polar surface area (TPSA) is 69.0 Å². The fraction of sp³-hybridized carbons (Fsp3) is 0.583. The quantitative estimate of drug-likeness (QED) is 0.892. The second kappa shape index (κ2) is 6.36. The summed E-state index contributed by atoms with van der Waals surface area (Å²) in [5.41, 5.74) is 0. The maximum Gasteiger partial charge on any atom is 0.234 e. The molecule has 1 aromatic heterocycles. The predicted octanol–water partition coefficient (Wildman–Crippen LogP) is 1.39. The molecule has 96 valence electrons. The minimum Gasteiger partial charge on any atom is -0.355 e. The van der Waals surface area contributed by atoms with Crippen LogP contribution in [0.3, 0.4) is 0 Å². The van der Waals surface area contributed by atoms with Gasteiger partial charge in [-0.25, -0.2) is 4.98 Å². The molecule has 2 heterocycles. The van der Waals surface area contributed by atoms with E-state index in [2.05, 4.69) is 15.2 Å². The highest BCUT2D eigenvalue weighted by atomic mass is 32.1. The molecule has 18 heavy (non-hydrogen) atoms. The van der Waals surface area contributed by atoms with E-state index in [1.165, 1.54) is 0 Å². The van der Waals surface area contributed by atoms with Crippen LogP contribution in [0.25, 0.3) is 0 Å². The van der Waals surface area contributed by atoms with Crippen LogP contribution in [-0.2, 0) is 4.79 Å². The fourth-order valence-electron chi connectivity index (χ4n) is 2.17. The highest BCUT2D eigenvalue weighted by molar-refractivity contribution is 7.13. The van der Waals surface area contributed by atoms with Crippen LogP contribution in [-0.4, -0.2) is 30.5 Å². The summed E-state index contributed by atoms with van der Waals surface area (Å²) in [6.07, 6.45) is 4.01. The molecular weight excluding hydrogens is 248 g/mol. The molecule has 1 unspecified atom stereocenters. The molecular formula is C12H16N4OS. The molecule has 0 aliphatic carbocycles. The summed E-state index contributed by atoms with van der Waals surface area (Å²) in [5.74, 6) is 0.272. The second-order valence-corrected chi connectivity index (χ2v) is 5.28. The lowest BCUT2D eigenvalue weighted by molar-refractivity contribution is -0.120. The minimum atomic E-state index is -0.177. The summed E-state index contributed by atoms with van der Waals surface area (Å²) in [7, 11) is 0. The van der Waals surface area contributed by atoms with Crippen LogP contribution >= 0.6 is 11.3 Å². The molecule has 1 fully saturated rings. The molecule has 5 nitrogen and oxygen atoms in total. The average Bonchev–Trinajstić information content (AvgIpc) is 2.91. The Morgan fingerprint density at radius 1 is 1.72 bits per heavy atom. The van der Waals surface area contributed by atoms with Crippen molar-refractivity contribution in [2.45, 2.75) is 19.3 Å². The average molecular weight is 264 g/mol. The number of hydrogen-bond donors (Lipinski definition) is 1. The Labute approximate surface area is 110 Å². The van der Waals surface area contributed by atoms with Crippen molar-refractivity contribution in [1.29, 1.82) is 5.26 Å². The molecule has 6 heteroatoms. The first kappa shape index (κ1) is 12.8. The fourth-order valence-corrected chi connectivity index (χ4v) is 2.85. The third kappa shape index (κ3) is 3.44. The third-order valence-electron chi connectivity index (χ3n) is 3.04. The molecule has 1 saturated heterocycles. The number of nitrogens with zero attached hydrogens (tertiary/aromatic N) is 3. The van der Waals surface area contributed by atoms with Gasteiger partial charge in [0.15, 0.2) is 5.13 Å². The van der Waals surface area contributed by atoms with Crippen molar-refractivity contribution in [1.82, 2.24) is 10.3 Å². The number of nitriles is 1. The Morgan fingerprint density at radius 3 is 3.33 bits per heavy atom. The smallest absolute Gasteiger partial charge is 0.234 e. The molecule has 1 aliphatic rings. The summed E-state index contributed by atoms with van der Waals surface area (Å²) < 4.78 is 0. The first-order valence-corrected chi connectivity index (χ1v) is 6.95. The van der Waals surface area contributed by atoms with E-state index in [-0.39, 0.29) is 12.3 Å². The van der Waals surface area contributed by atoms with Gasteiger partial charge in [-0.05, 0) is 18.8 Å². The van der Waals surface area contributed by atoms with Crippen molar-refractivity contribution >= 4 is 22.4 Å². The van der Waals surface area contributed by atoms with E-state index in [4.69, 9.17) is 5.26 Å². The molecule has 0 spiro atoms. The number of amides is 1. The SMILES string of the molecule is N#CCC(=O)NCC1CCCN(c2nccs2)C1. The van der Waals surface area contributed by atoms with Gasteiger partial charge in [0.25, 0.3) is 0 Å². The Morgan fingerprint density at radius 2 is 2.61 bits per heavy atom. The first-order chi connectivity index (χ1) is 8.79. The van der Waals surface area contributed by atoms with Crippen LogP contribution < -0.4 is 10.2 Å². The van der Waals surface area contributed by atoms with Crippen molar-refractivity contribution in [2.75, 3.05) is 24.5 Å². The molecule has 1 N–H and O–H groups in total. The lowest BCUT2D eigenvalue weighted by atomic mass is 9.98. The summed E-state index contributed by atoms with van der Waals surface area (Å²) in [5, 5.41) is 14.3. The number of piperidine rings is 1. The van der Waals surface area contributed by atoms with E-state index in [0.717, 1.165) is 31.1 Å². The number of hydrogen-bond acceptors (Lipinski definition) is 5. The van der Waals surface area contributed by atoms with Crippen LogP contribution in [0.4, 0.5) is 5.13 Å². The Bertz CT molecular complexity index is 426. The molecule has 0 radical (unpaired) electrons. The Kier molecular flexibility index (Phi) is 4.53. The number of anilines is 1. The van der Waals surface area contributed by atoms with Gasteiger partial charge in [-0.3, -0.25) is 4.79 Å². The molecule has 0 saturated carbocycles. The number of carbonyl (C=O) groups is 1. The van der Waals surface area contributed by atoms with Crippen LogP contribution in [0.1, 0.15) is 19.3 Å². The summed E-state index contributed by atoms with van der Waals surface area (Å²) in [6.45, 7) is 2.62. The van der Waals surface area contributed by atoms with Crippen LogP contribution in [0.2, 0.25) is 0 Å². The molecule has 0 aromatic carbocycles. The van der Waals surface area contributed by atoms with Gasteiger partial charge in [0.05, 0.1) is 6.07 Å². The highest BCUT2D eigenvalue weighted by Gasteiger charge is 2.21. The lowest BCUT2D eigenvalue weighted by Gasteiger charge is -2.32. The monoisotopic (exact) mass is 264 g/mol. The maximum absolute atomic E-state index is 11.2. The van der Waals surface area contributed by atoms with E-state index in [1.807, 2.05) is 17.6 Å². The van der Waals surface area contributed by atoms with E-state index in [9.17, 15) is 4.79 Å². The van der Waals surface area contributed by atoms with Crippen molar-refractivity contribution < 1.29 is 4.79 Å². The van der Waals surface area contributed by atoms with Gasteiger partial charge in [-0.1, -0.05) is 0 Å². The zero-order chi connectivity index (χ0) is 12.8. The molecule has 1 atom stereocenters. The van der Waals surface area contributed by atoms with Gasteiger partial charge in [0.1, 0.15) is 6.42 Å². The molecule has 1 aromatic rings. The van der Waals surface area contributed by atoms with Gasteiger partial charge in [-0.15, -0.1) is 11.3 Å². The van der Waals surface area contributed by atoms with E-state index in [1.54, 1.807) is 11.3 Å². The van der Waals surface area contributed by atoms with Gasteiger partial charge in [0.2, 0.25) is 5.91 Å². The third-order valence-corrected chi connectivity index (χ3v) is 3.87. The van der Waals surface area contributed by atoms with Crippen LogP contribution in [0, 0.1) is 17.2 Å². The van der Waals surface area contributed by atoms with Gasteiger partial charge < -0.3 is 10.2 Å². The number of thiazole rings is 1. The predicted molar refractivity (Wildman–Crippen MR) is 70.3 cm³/mol. The number of carbonyl (C=O) groups excluding carboxylic acids is 1. The highest BCUT2D eigenvalue weighted by Crippen LogP contribution is 2.24. The number of rotatable bonds is 4. The zero-order valence-corrected chi connectivity index (χ0v) is 10.9. The zero-order valence-electron chi connectivity index (χ0n) is 10.1. The normalized spacial score (nSPS) is 19.3. The van der Waals surface area contributed by atoms with E-state index >= 15 is 0 Å². The second-order valence-electron chi connectivity index (χ2n) is 4.41. The molecule has 2 rings (SSSR count). The van der Waals surface area contributed by atoms with E-state index in [0.29, 0.717) is 12.5 Å². The van der Waals surface area contributed by atoms with Gasteiger partial charge in [0, 0.05) is 31.2 Å².